The van der Waals surface area contributed by atoms with Crippen LogP contribution in [0.4, 0.5) is 5.69 Å². The Labute approximate surface area is 220 Å². The molecule has 38 heavy (non-hydrogen) atoms. The molecule has 0 aliphatic carbocycles. The molecule has 8 nitrogen and oxygen atoms in total. The summed E-state index contributed by atoms with van der Waals surface area (Å²) in [7, 11) is 0. The van der Waals surface area contributed by atoms with Gasteiger partial charge in [0.25, 0.3) is 11.7 Å². The van der Waals surface area contributed by atoms with Crippen molar-refractivity contribution in [2.24, 2.45) is 0 Å². The number of ether oxygens (including phenoxy) is 2. The lowest BCUT2D eigenvalue weighted by Crippen LogP contribution is -2.29. The molecule has 1 unspecified atom stereocenters. The van der Waals surface area contributed by atoms with Gasteiger partial charge in [-0.05, 0) is 86.0 Å². The van der Waals surface area contributed by atoms with Gasteiger partial charge in [0, 0.05) is 11.3 Å². The molecule has 0 aromatic heterocycles. The quantitative estimate of drug-likeness (QED) is 0.181. The number of hydrogen-bond acceptors (Lipinski definition) is 7. The Kier molecular flexibility index (Phi) is 7.81. The van der Waals surface area contributed by atoms with Crippen LogP contribution in [0.3, 0.4) is 0 Å². The number of aliphatic hydroxyl groups is 1. The predicted octanol–water partition coefficient (Wildman–Crippen LogP) is 5.29. The Morgan fingerprint density at radius 2 is 1.61 bits per heavy atom. The molecule has 2 N–H and O–H groups in total. The number of benzene rings is 3. The van der Waals surface area contributed by atoms with Crippen LogP contribution < -0.4 is 9.64 Å². The maximum Gasteiger partial charge on any atom is 0.338 e. The van der Waals surface area contributed by atoms with Crippen LogP contribution >= 0.6 is 0 Å². The fourth-order valence-corrected chi connectivity index (χ4v) is 4.38. The zero-order valence-corrected chi connectivity index (χ0v) is 21.4. The van der Waals surface area contributed by atoms with E-state index in [-0.39, 0.29) is 17.1 Å². The van der Waals surface area contributed by atoms with E-state index in [0.717, 1.165) is 5.56 Å². The number of esters is 1. The molecule has 0 spiro atoms. The van der Waals surface area contributed by atoms with Gasteiger partial charge in [-0.25, -0.2) is 4.79 Å². The standard InChI is InChI=1S/C30H29NO7/c1-4-16-38-30(36)20-6-11-22(12-7-20)31-26(19-8-13-23(32)14-9-19)25(28(34)29(31)35)27(33)21-10-15-24(37-5-2)18(3)17-21/h6-15,17,26,32-33H,4-5,16H2,1-3H3/b27-25-. The van der Waals surface area contributed by atoms with Gasteiger partial charge in [0.05, 0.1) is 30.4 Å². The van der Waals surface area contributed by atoms with Crippen LogP contribution in [0.25, 0.3) is 5.76 Å². The number of amides is 1. The van der Waals surface area contributed by atoms with E-state index in [1.165, 1.54) is 29.2 Å². The molecule has 8 heteroatoms. The van der Waals surface area contributed by atoms with Crippen molar-refractivity contribution in [2.75, 3.05) is 18.1 Å². The second-order valence-corrected chi connectivity index (χ2v) is 8.86. The smallest absolute Gasteiger partial charge is 0.338 e. The van der Waals surface area contributed by atoms with Crippen LogP contribution in [0.2, 0.25) is 0 Å². The third-order valence-corrected chi connectivity index (χ3v) is 6.22. The van der Waals surface area contributed by atoms with E-state index >= 15 is 0 Å². The van der Waals surface area contributed by atoms with E-state index in [2.05, 4.69) is 0 Å². The topological polar surface area (TPSA) is 113 Å². The van der Waals surface area contributed by atoms with Crippen LogP contribution in [0.1, 0.15) is 53.4 Å². The lowest BCUT2D eigenvalue weighted by Gasteiger charge is -2.25. The highest BCUT2D eigenvalue weighted by atomic mass is 16.5. The van der Waals surface area contributed by atoms with Gasteiger partial charge < -0.3 is 19.7 Å². The highest BCUT2D eigenvalue weighted by Gasteiger charge is 2.47. The summed E-state index contributed by atoms with van der Waals surface area (Å²) >= 11 is 0. The van der Waals surface area contributed by atoms with E-state index in [1.807, 2.05) is 20.8 Å². The number of aryl methyl sites for hydroxylation is 1. The third kappa shape index (κ3) is 5.11. The molecule has 0 radical (unpaired) electrons. The van der Waals surface area contributed by atoms with Gasteiger partial charge in [-0.15, -0.1) is 0 Å². The monoisotopic (exact) mass is 515 g/mol. The second kappa shape index (κ2) is 11.2. The van der Waals surface area contributed by atoms with Gasteiger partial charge in [0.1, 0.15) is 17.3 Å². The van der Waals surface area contributed by atoms with Crippen LogP contribution in [0, 0.1) is 6.92 Å². The average Bonchev–Trinajstić information content (AvgIpc) is 3.18. The van der Waals surface area contributed by atoms with Crippen molar-refractivity contribution in [1.29, 1.82) is 0 Å². The molecule has 4 rings (SSSR count). The number of nitrogens with zero attached hydrogens (tertiary/aromatic N) is 1. The van der Waals surface area contributed by atoms with E-state index in [4.69, 9.17) is 9.47 Å². The van der Waals surface area contributed by atoms with Gasteiger partial charge in [0.2, 0.25) is 0 Å². The lowest BCUT2D eigenvalue weighted by atomic mass is 9.94. The average molecular weight is 516 g/mol. The first-order valence-electron chi connectivity index (χ1n) is 12.4. The summed E-state index contributed by atoms with van der Waals surface area (Å²) in [6, 6.07) is 16.3. The first kappa shape index (κ1) is 26.5. The molecule has 3 aromatic carbocycles. The largest absolute Gasteiger partial charge is 0.508 e. The Balaban J connectivity index is 1.82. The van der Waals surface area contributed by atoms with E-state index in [9.17, 15) is 24.6 Å². The number of phenolic OH excluding ortho intramolecular Hbond substituents is 1. The summed E-state index contributed by atoms with van der Waals surface area (Å²) in [4.78, 5) is 40.2. The summed E-state index contributed by atoms with van der Waals surface area (Å²) in [5.41, 5.74) is 2.22. The molecule has 1 heterocycles. The molecular weight excluding hydrogens is 486 g/mol. The Morgan fingerprint density at radius 3 is 2.21 bits per heavy atom. The van der Waals surface area contributed by atoms with Gasteiger partial charge in [0.15, 0.2) is 0 Å². The van der Waals surface area contributed by atoms with Gasteiger partial charge in [-0.2, -0.15) is 0 Å². The van der Waals surface area contributed by atoms with Crippen molar-refractivity contribution in [2.45, 2.75) is 33.2 Å². The molecule has 1 saturated heterocycles. The summed E-state index contributed by atoms with van der Waals surface area (Å²) in [6.07, 6.45) is 0.689. The molecule has 0 bridgehead atoms. The molecule has 1 atom stereocenters. The Morgan fingerprint density at radius 1 is 0.947 bits per heavy atom. The van der Waals surface area contributed by atoms with E-state index < -0.39 is 23.7 Å². The molecule has 1 aliphatic heterocycles. The van der Waals surface area contributed by atoms with Crippen molar-refractivity contribution < 1.29 is 34.1 Å². The fourth-order valence-electron chi connectivity index (χ4n) is 4.38. The third-order valence-electron chi connectivity index (χ3n) is 6.22. The molecule has 0 saturated carbocycles. The Hall–Kier alpha value is -4.59. The maximum absolute atomic E-state index is 13.3. The maximum atomic E-state index is 13.3. The van der Waals surface area contributed by atoms with Crippen LogP contribution in [-0.2, 0) is 14.3 Å². The molecule has 1 amide bonds. The van der Waals surface area contributed by atoms with Gasteiger partial charge >= 0.3 is 5.97 Å². The molecular formula is C30H29NO7. The zero-order valence-electron chi connectivity index (χ0n) is 21.4. The molecule has 1 fully saturated rings. The van der Waals surface area contributed by atoms with Gasteiger partial charge in [-0.3, -0.25) is 14.5 Å². The van der Waals surface area contributed by atoms with Crippen molar-refractivity contribution in [3.63, 3.8) is 0 Å². The number of phenols is 1. The number of hydrogen-bond donors (Lipinski definition) is 2. The number of ketones is 1. The summed E-state index contributed by atoms with van der Waals surface area (Å²) < 4.78 is 10.7. The molecule has 196 valence electrons. The van der Waals surface area contributed by atoms with Crippen LogP contribution in [-0.4, -0.2) is 41.1 Å². The predicted molar refractivity (Wildman–Crippen MR) is 142 cm³/mol. The summed E-state index contributed by atoms with van der Waals surface area (Å²) in [6.45, 7) is 6.36. The number of carbonyl (C=O) groups is 3. The number of Topliss-reactive ketones (excluding diaryl/α,β-unsaturated/α-hetero) is 1. The van der Waals surface area contributed by atoms with Crippen molar-refractivity contribution in [3.05, 3.63) is 94.6 Å². The van der Waals surface area contributed by atoms with Gasteiger partial charge in [-0.1, -0.05) is 19.1 Å². The zero-order chi connectivity index (χ0) is 27.4. The SMILES string of the molecule is CCCOC(=O)c1ccc(N2C(=O)C(=O)/C(=C(\O)c3ccc(OCC)c(C)c3)C2c2ccc(O)cc2)cc1. The first-order valence-corrected chi connectivity index (χ1v) is 12.4. The minimum absolute atomic E-state index is 0.0165. The van der Waals surface area contributed by atoms with Crippen molar-refractivity contribution in [1.82, 2.24) is 0 Å². The van der Waals surface area contributed by atoms with E-state index in [0.29, 0.717) is 47.8 Å². The summed E-state index contributed by atoms with van der Waals surface area (Å²) in [5.74, 6) is -1.82. The highest BCUT2D eigenvalue weighted by molar-refractivity contribution is 6.51. The first-order chi connectivity index (χ1) is 18.3. The number of rotatable bonds is 8. The minimum atomic E-state index is -0.972. The highest BCUT2D eigenvalue weighted by Crippen LogP contribution is 2.42. The Bertz CT molecular complexity index is 1390. The normalized spacial score (nSPS) is 16.5. The number of carbonyl (C=O) groups excluding carboxylic acids is 3. The number of aliphatic hydroxyl groups excluding tert-OH is 1. The summed E-state index contributed by atoms with van der Waals surface area (Å²) in [5, 5.41) is 21.2. The lowest BCUT2D eigenvalue weighted by molar-refractivity contribution is -0.132. The molecule has 3 aromatic rings. The van der Waals surface area contributed by atoms with Crippen molar-refractivity contribution in [3.8, 4) is 11.5 Å². The van der Waals surface area contributed by atoms with Crippen molar-refractivity contribution >= 4 is 29.1 Å². The minimum Gasteiger partial charge on any atom is -0.508 e. The molecule has 1 aliphatic rings. The second-order valence-electron chi connectivity index (χ2n) is 8.86. The van der Waals surface area contributed by atoms with Crippen LogP contribution in [0.15, 0.2) is 72.3 Å². The van der Waals surface area contributed by atoms with Crippen LogP contribution in [0.5, 0.6) is 11.5 Å². The number of anilines is 1. The van der Waals surface area contributed by atoms with E-state index in [1.54, 1.807) is 42.5 Å². The fraction of sp³-hybridized carbons (Fsp3) is 0.233. The number of aromatic hydroxyl groups is 1.